The van der Waals surface area contributed by atoms with Crippen molar-refractivity contribution in [3.63, 3.8) is 0 Å². The van der Waals surface area contributed by atoms with Gasteiger partial charge in [-0.25, -0.2) is 0 Å². The summed E-state index contributed by atoms with van der Waals surface area (Å²) in [6, 6.07) is 10.5. The van der Waals surface area contributed by atoms with Crippen LogP contribution < -0.4 is 14.8 Å². The zero-order chi connectivity index (χ0) is 16.8. The number of benzene rings is 2. The third kappa shape index (κ3) is 3.94. The molecule has 0 aliphatic carbocycles. The largest absolute Gasteiger partial charge is 0.507 e. The fourth-order valence-corrected chi connectivity index (χ4v) is 2.25. The van der Waals surface area contributed by atoms with E-state index in [4.69, 9.17) is 9.47 Å². The smallest absolute Gasteiger partial charge is 0.255 e. The van der Waals surface area contributed by atoms with Gasteiger partial charge in [0, 0.05) is 18.2 Å². The summed E-state index contributed by atoms with van der Waals surface area (Å²) in [6.07, 6.45) is 0.798. The highest BCUT2D eigenvalue weighted by atomic mass is 16.5. The molecule has 5 nitrogen and oxygen atoms in total. The van der Waals surface area contributed by atoms with Crippen LogP contribution in [0.1, 0.15) is 28.4 Å². The third-order valence-corrected chi connectivity index (χ3v) is 3.65. The number of amides is 1. The van der Waals surface area contributed by atoms with Gasteiger partial charge in [-0.3, -0.25) is 4.79 Å². The first-order chi connectivity index (χ1) is 11.1. The van der Waals surface area contributed by atoms with E-state index in [-0.39, 0.29) is 17.2 Å². The Hall–Kier alpha value is -2.69. The molecule has 0 unspecified atom stereocenters. The van der Waals surface area contributed by atoms with Crippen LogP contribution in [0.2, 0.25) is 0 Å². The first kappa shape index (κ1) is 16.7. The van der Waals surface area contributed by atoms with Gasteiger partial charge in [0.25, 0.3) is 5.91 Å². The van der Waals surface area contributed by atoms with E-state index in [1.807, 2.05) is 13.0 Å². The molecule has 0 aliphatic rings. The van der Waals surface area contributed by atoms with Crippen molar-refractivity contribution >= 4 is 5.91 Å². The number of hydrogen-bond donors (Lipinski definition) is 2. The average Bonchev–Trinajstić information content (AvgIpc) is 2.59. The van der Waals surface area contributed by atoms with Crippen LogP contribution in [-0.4, -0.2) is 25.2 Å². The number of aromatic hydroxyl groups is 1. The number of phenolic OH excluding ortho intramolecular Hbond substituents is 1. The molecule has 2 N–H and O–H groups in total. The van der Waals surface area contributed by atoms with E-state index in [1.54, 1.807) is 44.6 Å². The molecule has 0 bridgehead atoms. The standard InChI is InChI=1S/C18H21NO4/c1-4-12-5-8-16(20)15(9-12)18(21)19-11-13-6-7-14(22-2)10-17(13)23-3/h5-10,20H,4,11H2,1-3H3,(H,19,21). The second-order valence-corrected chi connectivity index (χ2v) is 5.07. The summed E-state index contributed by atoms with van der Waals surface area (Å²) in [5.41, 5.74) is 2.10. The average molecular weight is 315 g/mol. The van der Waals surface area contributed by atoms with E-state index in [9.17, 15) is 9.90 Å². The van der Waals surface area contributed by atoms with Gasteiger partial charge in [0.05, 0.1) is 19.8 Å². The van der Waals surface area contributed by atoms with Crippen LogP contribution in [0.5, 0.6) is 17.2 Å². The minimum absolute atomic E-state index is 0.0265. The summed E-state index contributed by atoms with van der Waals surface area (Å²) >= 11 is 0. The molecule has 23 heavy (non-hydrogen) atoms. The van der Waals surface area contributed by atoms with Crippen LogP contribution in [0.25, 0.3) is 0 Å². The van der Waals surface area contributed by atoms with Gasteiger partial charge in [-0.15, -0.1) is 0 Å². The lowest BCUT2D eigenvalue weighted by Gasteiger charge is -2.12. The lowest BCUT2D eigenvalue weighted by atomic mass is 10.1. The molecule has 1 amide bonds. The van der Waals surface area contributed by atoms with Gasteiger partial charge in [-0.1, -0.05) is 13.0 Å². The maximum absolute atomic E-state index is 12.3. The van der Waals surface area contributed by atoms with Gasteiger partial charge in [-0.2, -0.15) is 0 Å². The maximum atomic E-state index is 12.3. The topological polar surface area (TPSA) is 67.8 Å². The molecular weight excluding hydrogens is 294 g/mol. The molecule has 0 aliphatic heterocycles. The number of carbonyl (C=O) groups is 1. The molecule has 2 rings (SSSR count). The molecule has 5 heteroatoms. The second-order valence-electron chi connectivity index (χ2n) is 5.07. The fourth-order valence-electron chi connectivity index (χ4n) is 2.25. The summed E-state index contributed by atoms with van der Waals surface area (Å²) < 4.78 is 10.5. The quantitative estimate of drug-likeness (QED) is 0.860. The van der Waals surface area contributed by atoms with Crippen LogP contribution in [-0.2, 0) is 13.0 Å². The molecule has 2 aromatic rings. The van der Waals surface area contributed by atoms with Gasteiger partial charge < -0.3 is 19.9 Å². The monoisotopic (exact) mass is 315 g/mol. The highest BCUT2D eigenvalue weighted by molar-refractivity contribution is 5.97. The van der Waals surface area contributed by atoms with Crippen molar-refractivity contribution in [3.8, 4) is 17.2 Å². The molecule has 0 fully saturated rings. The van der Waals surface area contributed by atoms with Gasteiger partial charge in [0.2, 0.25) is 0 Å². The Morgan fingerprint density at radius 3 is 2.57 bits per heavy atom. The SMILES string of the molecule is CCc1ccc(O)c(C(=O)NCc2ccc(OC)cc2OC)c1. The van der Waals surface area contributed by atoms with Crippen molar-refractivity contribution in [2.45, 2.75) is 19.9 Å². The van der Waals surface area contributed by atoms with Crippen LogP contribution in [0.15, 0.2) is 36.4 Å². The molecule has 0 saturated heterocycles. The molecule has 0 aromatic heterocycles. The van der Waals surface area contributed by atoms with Gasteiger partial charge >= 0.3 is 0 Å². The zero-order valence-corrected chi connectivity index (χ0v) is 13.6. The summed E-state index contributed by atoms with van der Waals surface area (Å²) in [4.78, 5) is 12.3. The Morgan fingerprint density at radius 1 is 1.13 bits per heavy atom. The predicted molar refractivity (Wildman–Crippen MR) is 88.2 cm³/mol. The first-order valence-corrected chi connectivity index (χ1v) is 7.40. The molecule has 0 radical (unpaired) electrons. The van der Waals surface area contributed by atoms with Crippen molar-refractivity contribution < 1.29 is 19.4 Å². The van der Waals surface area contributed by atoms with Crippen LogP contribution >= 0.6 is 0 Å². The number of hydrogen-bond acceptors (Lipinski definition) is 4. The van der Waals surface area contributed by atoms with Gasteiger partial charge in [0.1, 0.15) is 17.2 Å². The van der Waals surface area contributed by atoms with E-state index in [0.29, 0.717) is 18.0 Å². The Bertz CT molecular complexity index is 697. The summed E-state index contributed by atoms with van der Waals surface area (Å²) in [5.74, 6) is 0.971. The number of methoxy groups -OCH3 is 2. The Kier molecular flexibility index (Phi) is 5.46. The highest BCUT2D eigenvalue weighted by Crippen LogP contribution is 2.25. The van der Waals surface area contributed by atoms with Gasteiger partial charge in [-0.05, 0) is 36.2 Å². The Balaban J connectivity index is 2.13. The van der Waals surface area contributed by atoms with Crippen LogP contribution in [0.3, 0.4) is 0 Å². The lowest BCUT2D eigenvalue weighted by molar-refractivity contribution is 0.0948. The number of phenols is 1. The molecular formula is C18H21NO4. The van der Waals surface area contributed by atoms with Crippen molar-refractivity contribution in [3.05, 3.63) is 53.1 Å². The van der Waals surface area contributed by atoms with Crippen molar-refractivity contribution in [2.24, 2.45) is 0 Å². The van der Waals surface area contributed by atoms with E-state index in [2.05, 4.69) is 5.32 Å². The van der Waals surface area contributed by atoms with E-state index in [1.165, 1.54) is 0 Å². The minimum atomic E-state index is -0.323. The van der Waals surface area contributed by atoms with Crippen molar-refractivity contribution in [1.82, 2.24) is 5.32 Å². The number of ether oxygens (including phenoxy) is 2. The van der Waals surface area contributed by atoms with Crippen molar-refractivity contribution in [1.29, 1.82) is 0 Å². The molecule has 0 heterocycles. The Morgan fingerprint density at radius 2 is 1.91 bits per heavy atom. The number of aryl methyl sites for hydroxylation is 1. The molecule has 0 atom stereocenters. The number of carbonyl (C=O) groups excluding carboxylic acids is 1. The zero-order valence-electron chi connectivity index (χ0n) is 13.6. The fraction of sp³-hybridized carbons (Fsp3) is 0.278. The molecule has 122 valence electrons. The first-order valence-electron chi connectivity index (χ1n) is 7.40. The lowest BCUT2D eigenvalue weighted by Crippen LogP contribution is -2.23. The predicted octanol–water partition coefficient (Wildman–Crippen LogP) is 2.90. The molecule has 2 aromatic carbocycles. The highest BCUT2D eigenvalue weighted by Gasteiger charge is 2.13. The third-order valence-electron chi connectivity index (χ3n) is 3.65. The minimum Gasteiger partial charge on any atom is -0.507 e. The van der Waals surface area contributed by atoms with E-state index in [0.717, 1.165) is 17.5 Å². The van der Waals surface area contributed by atoms with Gasteiger partial charge in [0.15, 0.2) is 0 Å². The Labute approximate surface area is 135 Å². The number of rotatable bonds is 6. The summed E-state index contributed by atoms with van der Waals surface area (Å²) in [6.45, 7) is 2.29. The van der Waals surface area contributed by atoms with Crippen LogP contribution in [0, 0.1) is 0 Å². The second kappa shape index (κ2) is 7.54. The number of nitrogens with one attached hydrogen (secondary N) is 1. The molecule has 0 saturated carbocycles. The van der Waals surface area contributed by atoms with E-state index >= 15 is 0 Å². The summed E-state index contributed by atoms with van der Waals surface area (Å²) in [7, 11) is 3.15. The van der Waals surface area contributed by atoms with Crippen molar-refractivity contribution in [2.75, 3.05) is 14.2 Å². The van der Waals surface area contributed by atoms with Crippen LogP contribution in [0.4, 0.5) is 0 Å². The molecule has 0 spiro atoms. The van der Waals surface area contributed by atoms with E-state index < -0.39 is 0 Å². The maximum Gasteiger partial charge on any atom is 0.255 e. The summed E-state index contributed by atoms with van der Waals surface area (Å²) in [5, 5.41) is 12.7. The normalized spacial score (nSPS) is 10.2.